The fourth-order valence-corrected chi connectivity index (χ4v) is 3.14. The zero-order valence-electron chi connectivity index (χ0n) is 10.9. The first-order chi connectivity index (χ1) is 8.25. The van der Waals surface area contributed by atoms with E-state index in [2.05, 4.69) is 16.7 Å². The molecule has 0 aromatic carbocycles. The Kier molecular flexibility index (Phi) is 3.12. The summed E-state index contributed by atoms with van der Waals surface area (Å²) >= 11 is 0. The second-order valence-corrected chi connectivity index (χ2v) is 6.07. The van der Waals surface area contributed by atoms with Gasteiger partial charge < -0.3 is 4.90 Å². The lowest BCUT2D eigenvalue weighted by Crippen LogP contribution is -2.53. The van der Waals surface area contributed by atoms with Crippen molar-refractivity contribution in [2.45, 2.75) is 45.1 Å². The lowest BCUT2D eigenvalue weighted by Gasteiger charge is -2.40. The molecular weight excluding hydrogens is 212 g/mol. The Labute approximate surface area is 104 Å². The van der Waals surface area contributed by atoms with Crippen LogP contribution in [0.1, 0.15) is 39.0 Å². The highest BCUT2D eigenvalue weighted by atomic mass is 16.2. The van der Waals surface area contributed by atoms with E-state index in [1.54, 1.807) is 0 Å². The van der Waals surface area contributed by atoms with E-state index in [0.29, 0.717) is 11.8 Å². The SMILES string of the molecule is CC(C1CC1)N1CCN(C(=O)C2CCC2)CC1. The van der Waals surface area contributed by atoms with Crippen LogP contribution in [-0.4, -0.2) is 47.9 Å². The minimum absolute atomic E-state index is 0.377. The second-order valence-electron chi connectivity index (χ2n) is 6.07. The molecule has 1 unspecified atom stereocenters. The van der Waals surface area contributed by atoms with E-state index < -0.39 is 0 Å². The third-order valence-electron chi connectivity index (χ3n) is 4.96. The molecule has 1 heterocycles. The van der Waals surface area contributed by atoms with Crippen LogP contribution in [0.2, 0.25) is 0 Å². The summed E-state index contributed by atoms with van der Waals surface area (Å²) in [5.41, 5.74) is 0. The summed E-state index contributed by atoms with van der Waals surface area (Å²) in [7, 11) is 0. The summed E-state index contributed by atoms with van der Waals surface area (Å²) in [5, 5.41) is 0. The number of nitrogens with zero attached hydrogens (tertiary/aromatic N) is 2. The molecule has 3 rings (SSSR count). The van der Waals surface area contributed by atoms with Gasteiger partial charge in [-0.25, -0.2) is 0 Å². The van der Waals surface area contributed by atoms with Crippen molar-refractivity contribution in [3.05, 3.63) is 0 Å². The van der Waals surface area contributed by atoms with Crippen LogP contribution in [-0.2, 0) is 4.79 Å². The number of piperazine rings is 1. The summed E-state index contributed by atoms with van der Waals surface area (Å²) in [6.07, 6.45) is 6.37. The molecule has 0 spiro atoms. The van der Waals surface area contributed by atoms with Gasteiger partial charge in [0, 0.05) is 38.1 Å². The summed E-state index contributed by atoms with van der Waals surface area (Å²) in [6, 6.07) is 0.746. The highest BCUT2D eigenvalue weighted by Crippen LogP contribution is 2.35. The van der Waals surface area contributed by atoms with Gasteiger partial charge in [-0.1, -0.05) is 6.42 Å². The van der Waals surface area contributed by atoms with Crippen molar-refractivity contribution < 1.29 is 4.79 Å². The van der Waals surface area contributed by atoms with E-state index in [-0.39, 0.29) is 0 Å². The molecule has 0 aromatic rings. The zero-order chi connectivity index (χ0) is 11.8. The molecule has 3 aliphatic rings. The maximum Gasteiger partial charge on any atom is 0.225 e. The standard InChI is InChI=1S/C14H24N2O/c1-11(12-5-6-12)15-7-9-16(10-8-15)14(17)13-3-2-4-13/h11-13H,2-10H2,1H3. The van der Waals surface area contributed by atoms with Crippen LogP contribution >= 0.6 is 0 Å². The molecule has 2 saturated carbocycles. The van der Waals surface area contributed by atoms with Crippen molar-refractivity contribution >= 4 is 5.91 Å². The van der Waals surface area contributed by atoms with Gasteiger partial charge in [-0.15, -0.1) is 0 Å². The predicted octanol–water partition coefficient (Wildman–Crippen LogP) is 1.73. The highest BCUT2D eigenvalue weighted by Gasteiger charge is 2.35. The summed E-state index contributed by atoms with van der Waals surface area (Å²) in [6.45, 7) is 6.48. The Bertz CT molecular complexity index is 289. The van der Waals surface area contributed by atoms with Crippen molar-refractivity contribution in [1.82, 2.24) is 9.80 Å². The molecule has 0 bridgehead atoms. The van der Waals surface area contributed by atoms with Gasteiger partial charge in [-0.3, -0.25) is 9.69 Å². The first-order valence-electron chi connectivity index (χ1n) is 7.28. The molecule has 0 N–H and O–H groups in total. The molecule has 1 atom stereocenters. The van der Waals surface area contributed by atoms with Crippen molar-refractivity contribution in [2.24, 2.45) is 11.8 Å². The van der Waals surface area contributed by atoms with Crippen LogP contribution in [0.3, 0.4) is 0 Å². The lowest BCUT2D eigenvalue weighted by atomic mass is 9.84. The number of hydrogen-bond donors (Lipinski definition) is 0. The molecule has 96 valence electrons. The smallest absolute Gasteiger partial charge is 0.225 e. The quantitative estimate of drug-likeness (QED) is 0.745. The molecule has 1 aliphatic heterocycles. The Morgan fingerprint density at radius 2 is 1.71 bits per heavy atom. The fraction of sp³-hybridized carbons (Fsp3) is 0.929. The average molecular weight is 236 g/mol. The molecule has 2 aliphatic carbocycles. The lowest BCUT2D eigenvalue weighted by molar-refractivity contribution is -0.140. The molecule has 1 amide bonds. The molecular formula is C14H24N2O. The Morgan fingerprint density at radius 3 is 2.18 bits per heavy atom. The Morgan fingerprint density at radius 1 is 1.06 bits per heavy atom. The number of rotatable bonds is 3. The third kappa shape index (κ3) is 2.35. The van der Waals surface area contributed by atoms with Crippen LogP contribution in [0.25, 0.3) is 0 Å². The molecule has 17 heavy (non-hydrogen) atoms. The van der Waals surface area contributed by atoms with E-state index in [1.165, 1.54) is 19.3 Å². The van der Waals surface area contributed by atoms with Crippen LogP contribution in [0, 0.1) is 11.8 Å². The first-order valence-corrected chi connectivity index (χ1v) is 7.28. The molecule has 0 radical (unpaired) electrons. The van der Waals surface area contributed by atoms with Gasteiger partial charge in [0.2, 0.25) is 5.91 Å². The van der Waals surface area contributed by atoms with Crippen LogP contribution in [0.15, 0.2) is 0 Å². The maximum atomic E-state index is 12.1. The van der Waals surface area contributed by atoms with Crippen LogP contribution in [0.5, 0.6) is 0 Å². The molecule has 3 nitrogen and oxygen atoms in total. The maximum absolute atomic E-state index is 12.1. The van der Waals surface area contributed by atoms with Crippen molar-refractivity contribution in [3.63, 3.8) is 0 Å². The van der Waals surface area contributed by atoms with Gasteiger partial charge in [0.1, 0.15) is 0 Å². The van der Waals surface area contributed by atoms with Gasteiger partial charge in [-0.05, 0) is 38.5 Å². The van der Waals surface area contributed by atoms with Crippen molar-refractivity contribution in [2.75, 3.05) is 26.2 Å². The van der Waals surface area contributed by atoms with E-state index in [0.717, 1.165) is 51.0 Å². The van der Waals surface area contributed by atoms with Gasteiger partial charge in [-0.2, -0.15) is 0 Å². The Hall–Kier alpha value is -0.570. The summed E-state index contributed by atoms with van der Waals surface area (Å²) in [4.78, 5) is 16.8. The molecule has 0 aromatic heterocycles. The molecule has 3 fully saturated rings. The summed E-state index contributed by atoms with van der Waals surface area (Å²) in [5.74, 6) is 1.77. The van der Waals surface area contributed by atoms with Crippen molar-refractivity contribution in [1.29, 1.82) is 0 Å². The topological polar surface area (TPSA) is 23.6 Å². The number of amides is 1. The minimum Gasteiger partial charge on any atom is -0.340 e. The first kappa shape index (κ1) is 11.5. The number of carbonyl (C=O) groups is 1. The van der Waals surface area contributed by atoms with Crippen LogP contribution in [0.4, 0.5) is 0 Å². The number of hydrogen-bond acceptors (Lipinski definition) is 2. The summed E-state index contributed by atoms with van der Waals surface area (Å²) < 4.78 is 0. The minimum atomic E-state index is 0.377. The van der Waals surface area contributed by atoms with E-state index in [4.69, 9.17) is 0 Å². The van der Waals surface area contributed by atoms with E-state index in [1.807, 2.05) is 0 Å². The predicted molar refractivity (Wildman–Crippen MR) is 67.7 cm³/mol. The van der Waals surface area contributed by atoms with E-state index >= 15 is 0 Å². The molecule has 3 heteroatoms. The van der Waals surface area contributed by atoms with Crippen molar-refractivity contribution in [3.8, 4) is 0 Å². The second kappa shape index (κ2) is 4.60. The Balaban J connectivity index is 1.47. The largest absolute Gasteiger partial charge is 0.340 e. The normalized spacial score (nSPS) is 28.9. The van der Waals surface area contributed by atoms with Gasteiger partial charge >= 0.3 is 0 Å². The highest BCUT2D eigenvalue weighted by molar-refractivity contribution is 5.79. The van der Waals surface area contributed by atoms with Gasteiger partial charge in [0.25, 0.3) is 0 Å². The van der Waals surface area contributed by atoms with Crippen LogP contribution < -0.4 is 0 Å². The van der Waals surface area contributed by atoms with Gasteiger partial charge in [0.15, 0.2) is 0 Å². The molecule has 1 saturated heterocycles. The van der Waals surface area contributed by atoms with E-state index in [9.17, 15) is 4.79 Å². The monoisotopic (exact) mass is 236 g/mol. The number of carbonyl (C=O) groups excluding carboxylic acids is 1. The zero-order valence-corrected chi connectivity index (χ0v) is 10.9. The average Bonchev–Trinajstić information content (AvgIpc) is 3.10. The van der Waals surface area contributed by atoms with Gasteiger partial charge in [0.05, 0.1) is 0 Å². The fourth-order valence-electron chi connectivity index (χ4n) is 3.14. The third-order valence-corrected chi connectivity index (χ3v) is 4.96.